The fraction of sp³-hybridized carbons (Fsp3) is 0.792. The van der Waals surface area contributed by atoms with Crippen LogP contribution in [0.2, 0.25) is 0 Å². The van der Waals surface area contributed by atoms with Crippen LogP contribution in [0.1, 0.15) is 104 Å². The van der Waals surface area contributed by atoms with Gasteiger partial charge in [-0.15, -0.1) is 0 Å². The SMILES string of the molecule is CCCCCCCCCC(=O)SCCCCCCCC.COC(=O)/C=C\C(=O)OC.[SnH2]. The molecule has 7 heteroatoms. The van der Waals surface area contributed by atoms with E-state index in [1.807, 2.05) is 0 Å². The quantitative estimate of drug-likeness (QED) is 0.0973. The van der Waals surface area contributed by atoms with E-state index >= 15 is 0 Å². The van der Waals surface area contributed by atoms with Crippen molar-refractivity contribution in [2.75, 3.05) is 20.0 Å². The van der Waals surface area contributed by atoms with E-state index in [1.165, 1.54) is 91.3 Å². The van der Waals surface area contributed by atoms with Gasteiger partial charge in [-0.05, 0) is 12.8 Å². The van der Waals surface area contributed by atoms with Crippen molar-refractivity contribution in [3.63, 3.8) is 0 Å². The van der Waals surface area contributed by atoms with Crippen LogP contribution in [-0.2, 0) is 23.9 Å². The number of hydrogen-bond donors (Lipinski definition) is 0. The molecule has 0 fully saturated rings. The van der Waals surface area contributed by atoms with Crippen LogP contribution in [0.15, 0.2) is 12.2 Å². The summed E-state index contributed by atoms with van der Waals surface area (Å²) in [4.78, 5) is 32.3. The Kier molecular flexibility index (Phi) is 33.4. The molecule has 0 atom stereocenters. The Bertz CT molecular complexity index is 417. The summed E-state index contributed by atoms with van der Waals surface area (Å²) in [6.45, 7) is 4.50. The molecule has 0 unspecified atom stereocenters. The van der Waals surface area contributed by atoms with Gasteiger partial charge in [-0.25, -0.2) is 9.59 Å². The summed E-state index contributed by atoms with van der Waals surface area (Å²) >= 11 is 1.57. The minimum atomic E-state index is -0.578. The van der Waals surface area contributed by atoms with Crippen molar-refractivity contribution in [2.24, 2.45) is 0 Å². The predicted octanol–water partition coefficient (Wildman–Crippen LogP) is 5.72. The van der Waals surface area contributed by atoms with E-state index in [4.69, 9.17) is 0 Å². The molecule has 0 rings (SSSR count). The van der Waals surface area contributed by atoms with Gasteiger partial charge in [0, 0.05) is 24.3 Å². The second-order valence-electron chi connectivity index (χ2n) is 7.24. The summed E-state index contributed by atoms with van der Waals surface area (Å²) in [7, 11) is 2.45. The van der Waals surface area contributed by atoms with Crippen molar-refractivity contribution < 1.29 is 23.9 Å². The van der Waals surface area contributed by atoms with Gasteiger partial charge in [0.1, 0.15) is 0 Å². The van der Waals surface area contributed by atoms with Gasteiger partial charge >= 0.3 is 35.8 Å². The average molecular weight is 565 g/mol. The first-order chi connectivity index (χ1) is 14.5. The Morgan fingerprint density at radius 2 is 1.03 bits per heavy atom. The Labute approximate surface area is 211 Å². The Morgan fingerprint density at radius 1 is 0.645 bits per heavy atom. The molecule has 0 amide bonds. The average Bonchev–Trinajstić information content (AvgIpc) is 2.76. The molecule has 5 nitrogen and oxygen atoms in total. The Hall–Kier alpha value is -0.501. The molecule has 31 heavy (non-hydrogen) atoms. The molecule has 0 aliphatic carbocycles. The van der Waals surface area contributed by atoms with E-state index in [2.05, 4.69) is 23.3 Å². The molecule has 0 bridgehead atoms. The van der Waals surface area contributed by atoms with Gasteiger partial charge in [0.05, 0.1) is 14.2 Å². The molecule has 0 aliphatic rings. The molecular weight excluding hydrogens is 519 g/mol. The van der Waals surface area contributed by atoms with E-state index in [1.54, 1.807) is 11.8 Å². The first-order valence-corrected chi connectivity index (χ1v) is 12.5. The van der Waals surface area contributed by atoms with Gasteiger partial charge in [0.25, 0.3) is 0 Å². The van der Waals surface area contributed by atoms with Crippen molar-refractivity contribution in [3.05, 3.63) is 12.2 Å². The molecule has 0 aromatic rings. The molecule has 0 aromatic heterocycles. The number of hydrogen-bond acceptors (Lipinski definition) is 6. The van der Waals surface area contributed by atoms with Crippen LogP contribution >= 0.6 is 11.8 Å². The van der Waals surface area contributed by atoms with Gasteiger partial charge in [0.15, 0.2) is 5.12 Å². The number of thioether (sulfide) groups is 1. The number of unbranched alkanes of at least 4 members (excludes halogenated alkanes) is 11. The Morgan fingerprint density at radius 3 is 1.45 bits per heavy atom. The number of carbonyl (C=O) groups excluding carboxylic acids is 3. The molecule has 182 valence electrons. The second kappa shape index (κ2) is 29.5. The molecule has 0 saturated heterocycles. The van der Waals surface area contributed by atoms with Crippen LogP contribution in [-0.4, -0.2) is 60.9 Å². The topological polar surface area (TPSA) is 69.7 Å². The van der Waals surface area contributed by atoms with Crippen molar-refractivity contribution in [1.29, 1.82) is 0 Å². The second-order valence-corrected chi connectivity index (χ2v) is 8.39. The van der Waals surface area contributed by atoms with Crippen LogP contribution in [0, 0.1) is 0 Å². The summed E-state index contributed by atoms with van der Waals surface area (Å²) < 4.78 is 8.42. The maximum absolute atomic E-state index is 11.7. The van der Waals surface area contributed by atoms with Gasteiger partial charge in [-0.2, -0.15) is 0 Å². The van der Waals surface area contributed by atoms with Crippen molar-refractivity contribution in [1.82, 2.24) is 0 Å². The number of methoxy groups -OCH3 is 2. The fourth-order valence-electron chi connectivity index (χ4n) is 2.64. The van der Waals surface area contributed by atoms with E-state index in [0.717, 1.165) is 30.7 Å². The van der Waals surface area contributed by atoms with E-state index in [9.17, 15) is 14.4 Å². The third-order valence-electron chi connectivity index (χ3n) is 4.50. The number of esters is 2. The summed E-state index contributed by atoms with van der Waals surface area (Å²) in [6.07, 6.45) is 19.8. The molecule has 0 N–H and O–H groups in total. The molecule has 0 spiro atoms. The predicted molar refractivity (Wildman–Crippen MR) is 135 cm³/mol. The van der Waals surface area contributed by atoms with Crippen LogP contribution < -0.4 is 0 Å². The first-order valence-electron chi connectivity index (χ1n) is 11.5. The molecule has 0 aromatic carbocycles. The summed E-state index contributed by atoms with van der Waals surface area (Å²) in [5.74, 6) is -0.114. The number of ether oxygens (including phenoxy) is 2. The van der Waals surface area contributed by atoms with Crippen LogP contribution in [0.5, 0.6) is 0 Å². The molecule has 0 aliphatic heterocycles. The normalized spacial score (nSPS) is 10.1. The molecular formula is C24H46O5SSn. The van der Waals surface area contributed by atoms with E-state index in [0.29, 0.717) is 5.12 Å². The third kappa shape index (κ3) is 31.8. The summed E-state index contributed by atoms with van der Waals surface area (Å²) in [5, 5.41) is 0.423. The monoisotopic (exact) mass is 566 g/mol. The number of carbonyl (C=O) groups is 3. The summed E-state index contributed by atoms with van der Waals surface area (Å²) in [6, 6.07) is 0. The van der Waals surface area contributed by atoms with Gasteiger partial charge < -0.3 is 9.47 Å². The van der Waals surface area contributed by atoms with E-state index in [-0.39, 0.29) is 23.9 Å². The Balaban J connectivity index is -0.000000604. The maximum atomic E-state index is 11.7. The molecule has 0 saturated carbocycles. The zero-order valence-electron chi connectivity index (χ0n) is 20.4. The molecule has 0 heterocycles. The van der Waals surface area contributed by atoms with Crippen LogP contribution in [0.4, 0.5) is 0 Å². The minimum absolute atomic E-state index is 0. The zero-order chi connectivity index (χ0) is 22.9. The first kappa shape index (κ1) is 35.1. The fourth-order valence-corrected chi connectivity index (χ4v) is 3.50. The molecule has 2 radical (unpaired) electrons. The summed E-state index contributed by atoms with van der Waals surface area (Å²) in [5.41, 5.74) is 0. The third-order valence-corrected chi connectivity index (χ3v) is 5.52. The van der Waals surface area contributed by atoms with Crippen molar-refractivity contribution >= 4 is 52.7 Å². The van der Waals surface area contributed by atoms with Crippen molar-refractivity contribution in [2.45, 2.75) is 104 Å². The van der Waals surface area contributed by atoms with Gasteiger partial charge in [-0.1, -0.05) is 96.2 Å². The van der Waals surface area contributed by atoms with Crippen molar-refractivity contribution in [3.8, 4) is 0 Å². The zero-order valence-corrected chi connectivity index (χ0v) is 25.3. The van der Waals surface area contributed by atoms with Gasteiger partial charge in [-0.3, -0.25) is 4.79 Å². The standard InChI is InChI=1S/C18H36OS.C6H8O4.Sn.2H/c1-3-5-7-9-11-12-14-16-18(19)20-17-15-13-10-8-6-4-2;1-9-5(7)3-4-6(8)10-2;;;/h3-17H2,1-2H3;3-4H,1-2H3;;;/b;4-3-;;;. The van der Waals surface area contributed by atoms with Crippen LogP contribution in [0.3, 0.4) is 0 Å². The van der Waals surface area contributed by atoms with E-state index < -0.39 is 11.9 Å². The van der Waals surface area contributed by atoms with Gasteiger partial charge in [0.2, 0.25) is 0 Å². The van der Waals surface area contributed by atoms with Crippen LogP contribution in [0.25, 0.3) is 0 Å². The number of rotatable bonds is 17.